The molecule has 1 amide bonds. The maximum atomic E-state index is 11.0. The number of nitrogens with two attached hydrogens (primary N) is 1. The number of ether oxygens (including phenoxy) is 1. The molecule has 0 bridgehead atoms. The Hall–Kier alpha value is -1.51. The Bertz CT molecular complexity index is 483. The van der Waals surface area contributed by atoms with Crippen molar-refractivity contribution < 1.29 is 9.53 Å². The van der Waals surface area contributed by atoms with Crippen LogP contribution in [-0.2, 0) is 11.2 Å². The van der Waals surface area contributed by atoms with E-state index in [4.69, 9.17) is 10.5 Å². The molecule has 1 heterocycles. The summed E-state index contributed by atoms with van der Waals surface area (Å²) in [7, 11) is 0. The molecular weight excluding hydrogens is 226 g/mol. The standard InChI is InChI=1S/C15H19NO2/c1-9(7-15(16)17)12-8-13(12)10-3-2-4-14-11(10)5-6-18-14/h2-4,9,12-13H,5-8H2,1H3,(H2,16,17). The van der Waals surface area contributed by atoms with Crippen molar-refractivity contribution >= 4 is 5.91 Å². The fourth-order valence-corrected chi connectivity index (χ4v) is 3.27. The highest BCUT2D eigenvalue weighted by molar-refractivity contribution is 5.74. The predicted molar refractivity (Wildman–Crippen MR) is 69.5 cm³/mol. The minimum atomic E-state index is -0.185. The molecule has 1 aliphatic heterocycles. The van der Waals surface area contributed by atoms with Crippen LogP contribution in [0.15, 0.2) is 18.2 Å². The predicted octanol–water partition coefficient (Wildman–Crippen LogP) is 2.24. The number of rotatable bonds is 4. The van der Waals surface area contributed by atoms with Gasteiger partial charge < -0.3 is 10.5 Å². The minimum Gasteiger partial charge on any atom is -0.493 e. The number of benzene rings is 1. The largest absolute Gasteiger partial charge is 0.493 e. The van der Waals surface area contributed by atoms with E-state index in [1.807, 2.05) is 0 Å². The molecule has 0 radical (unpaired) electrons. The van der Waals surface area contributed by atoms with E-state index in [2.05, 4.69) is 25.1 Å². The average molecular weight is 245 g/mol. The van der Waals surface area contributed by atoms with Crippen molar-refractivity contribution in [3.8, 4) is 5.75 Å². The van der Waals surface area contributed by atoms with Gasteiger partial charge in [0.1, 0.15) is 5.75 Å². The zero-order valence-corrected chi connectivity index (χ0v) is 10.7. The summed E-state index contributed by atoms with van der Waals surface area (Å²) in [5, 5.41) is 0. The van der Waals surface area contributed by atoms with Gasteiger partial charge in [-0.3, -0.25) is 4.79 Å². The van der Waals surface area contributed by atoms with Gasteiger partial charge in [-0.15, -0.1) is 0 Å². The molecule has 1 saturated carbocycles. The van der Waals surface area contributed by atoms with Crippen LogP contribution in [0.1, 0.15) is 36.8 Å². The third-order valence-electron chi connectivity index (χ3n) is 4.27. The topological polar surface area (TPSA) is 52.3 Å². The van der Waals surface area contributed by atoms with Crippen molar-refractivity contribution in [1.29, 1.82) is 0 Å². The number of hydrogen-bond acceptors (Lipinski definition) is 2. The van der Waals surface area contributed by atoms with Crippen LogP contribution in [0, 0.1) is 11.8 Å². The maximum Gasteiger partial charge on any atom is 0.217 e. The van der Waals surface area contributed by atoms with E-state index in [1.165, 1.54) is 17.5 Å². The summed E-state index contributed by atoms with van der Waals surface area (Å²) in [6.07, 6.45) is 2.72. The number of amides is 1. The lowest BCUT2D eigenvalue weighted by molar-refractivity contribution is -0.118. The highest BCUT2D eigenvalue weighted by atomic mass is 16.5. The van der Waals surface area contributed by atoms with E-state index in [-0.39, 0.29) is 5.91 Å². The van der Waals surface area contributed by atoms with Crippen LogP contribution in [0.3, 0.4) is 0 Å². The summed E-state index contributed by atoms with van der Waals surface area (Å²) in [5.74, 6) is 2.49. The lowest BCUT2D eigenvalue weighted by Crippen LogP contribution is -2.16. The third kappa shape index (κ3) is 1.98. The summed E-state index contributed by atoms with van der Waals surface area (Å²) in [4.78, 5) is 11.0. The first kappa shape index (κ1) is 11.6. The Labute approximate surface area is 107 Å². The zero-order valence-electron chi connectivity index (χ0n) is 10.7. The molecule has 3 heteroatoms. The Balaban J connectivity index is 1.75. The van der Waals surface area contributed by atoms with Gasteiger partial charge in [0.05, 0.1) is 6.61 Å². The molecule has 1 aromatic carbocycles. The second kappa shape index (κ2) is 4.30. The second-order valence-corrected chi connectivity index (χ2v) is 5.58. The number of hydrogen-bond donors (Lipinski definition) is 1. The summed E-state index contributed by atoms with van der Waals surface area (Å²) < 4.78 is 5.60. The van der Waals surface area contributed by atoms with Crippen LogP contribution in [0.2, 0.25) is 0 Å². The minimum absolute atomic E-state index is 0.185. The second-order valence-electron chi connectivity index (χ2n) is 5.58. The molecule has 96 valence electrons. The van der Waals surface area contributed by atoms with Gasteiger partial charge in [-0.05, 0) is 35.8 Å². The highest BCUT2D eigenvalue weighted by Gasteiger charge is 2.43. The van der Waals surface area contributed by atoms with Crippen molar-refractivity contribution in [3.63, 3.8) is 0 Å². The van der Waals surface area contributed by atoms with E-state index in [0.29, 0.717) is 24.2 Å². The fourth-order valence-electron chi connectivity index (χ4n) is 3.27. The molecule has 18 heavy (non-hydrogen) atoms. The molecule has 2 N–H and O–H groups in total. The first-order chi connectivity index (χ1) is 8.66. The normalized spacial score (nSPS) is 26.3. The third-order valence-corrected chi connectivity index (χ3v) is 4.27. The Morgan fingerprint density at radius 2 is 2.39 bits per heavy atom. The van der Waals surface area contributed by atoms with Gasteiger partial charge in [0.25, 0.3) is 0 Å². The fraction of sp³-hybridized carbons (Fsp3) is 0.533. The van der Waals surface area contributed by atoms with Gasteiger partial charge in [0, 0.05) is 18.4 Å². The lowest BCUT2D eigenvalue weighted by Gasteiger charge is -2.10. The quantitative estimate of drug-likeness (QED) is 0.884. The number of carbonyl (C=O) groups excluding carboxylic acids is 1. The van der Waals surface area contributed by atoms with Crippen LogP contribution < -0.4 is 10.5 Å². The molecule has 3 unspecified atom stereocenters. The van der Waals surface area contributed by atoms with Gasteiger partial charge in [-0.1, -0.05) is 19.1 Å². The molecular formula is C15H19NO2. The van der Waals surface area contributed by atoms with Crippen LogP contribution in [0.4, 0.5) is 0 Å². The molecule has 3 atom stereocenters. The molecule has 3 rings (SSSR count). The van der Waals surface area contributed by atoms with Crippen LogP contribution in [0.25, 0.3) is 0 Å². The van der Waals surface area contributed by atoms with Crippen LogP contribution >= 0.6 is 0 Å². The zero-order chi connectivity index (χ0) is 12.7. The average Bonchev–Trinajstić information content (AvgIpc) is 2.97. The van der Waals surface area contributed by atoms with Gasteiger partial charge in [0.15, 0.2) is 0 Å². The first-order valence-corrected chi connectivity index (χ1v) is 6.69. The Kier molecular flexibility index (Phi) is 2.77. The molecule has 0 spiro atoms. The summed E-state index contributed by atoms with van der Waals surface area (Å²) >= 11 is 0. The van der Waals surface area contributed by atoms with Gasteiger partial charge in [-0.25, -0.2) is 0 Å². The first-order valence-electron chi connectivity index (χ1n) is 6.69. The summed E-state index contributed by atoms with van der Waals surface area (Å²) in [5.41, 5.74) is 8.10. The van der Waals surface area contributed by atoms with Crippen LogP contribution in [0.5, 0.6) is 5.75 Å². The smallest absolute Gasteiger partial charge is 0.217 e. The van der Waals surface area contributed by atoms with Gasteiger partial charge >= 0.3 is 0 Å². The molecule has 3 nitrogen and oxygen atoms in total. The molecule has 1 aromatic rings. The SMILES string of the molecule is CC(CC(N)=O)C1CC1c1cccc2c1CCO2. The number of carbonyl (C=O) groups is 1. The van der Waals surface area contributed by atoms with E-state index in [1.54, 1.807) is 0 Å². The number of fused-ring (bicyclic) bond motifs is 1. The molecule has 1 aliphatic carbocycles. The van der Waals surface area contributed by atoms with Crippen molar-refractivity contribution in [2.45, 2.75) is 32.1 Å². The van der Waals surface area contributed by atoms with E-state index in [9.17, 15) is 4.79 Å². The molecule has 2 aliphatic rings. The maximum absolute atomic E-state index is 11.0. The van der Waals surface area contributed by atoms with Gasteiger partial charge in [-0.2, -0.15) is 0 Å². The summed E-state index contributed by atoms with van der Waals surface area (Å²) in [6, 6.07) is 6.35. The molecule has 1 fully saturated rings. The molecule has 0 saturated heterocycles. The van der Waals surface area contributed by atoms with Crippen LogP contribution in [-0.4, -0.2) is 12.5 Å². The monoisotopic (exact) mass is 245 g/mol. The lowest BCUT2D eigenvalue weighted by atomic mass is 9.94. The van der Waals surface area contributed by atoms with Crippen molar-refractivity contribution in [2.75, 3.05) is 6.61 Å². The van der Waals surface area contributed by atoms with E-state index >= 15 is 0 Å². The highest BCUT2D eigenvalue weighted by Crippen LogP contribution is 2.54. The van der Waals surface area contributed by atoms with Gasteiger partial charge in [0.2, 0.25) is 5.91 Å². The van der Waals surface area contributed by atoms with Crippen molar-refractivity contribution in [2.24, 2.45) is 17.6 Å². The van der Waals surface area contributed by atoms with Crippen molar-refractivity contribution in [1.82, 2.24) is 0 Å². The number of primary amides is 1. The molecule has 0 aromatic heterocycles. The Morgan fingerprint density at radius 3 is 3.17 bits per heavy atom. The van der Waals surface area contributed by atoms with E-state index < -0.39 is 0 Å². The van der Waals surface area contributed by atoms with Crippen molar-refractivity contribution in [3.05, 3.63) is 29.3 Å². The Morgan fingerprint density at radius 1 is 1.56 bits per heavy atom. The van der Waals surface area contributed by atoms with E-state index in [0.717, 1.165) is 18.8 Å². The summed E-state index contributed by atoms with van der Waals surface area (Å²) in [6.45, 7) is 2.94.